The lowest BCUT2D eigenvalue weighted by atomic mass is 10.1. The SMILES string of the molecule is O=C(NC1CCS(=O)(=O)C1)/C(=C/c1ccccc1)NC(=O)c1ccccc1Cl. The fraction of sp³-hybridized carbons (Fsp3) is 0.200. The molecule has 2 N–H and O–H groups in total. The third kappa shape index (κ3) is 5.21. The van der Waals surface area contributed by atoms with Crippen LogP contribution in [0.3, 0.4) is 0 Å². The molecule has 146 valence electrons. The quantitative estimate of drug-likeness (QED) is 0.729. The van der Waals surface area contributed by atoms with Gasteiger partial charge in [0.1, 0.15) is 5.70 Å². The van der Waals surface area contributed by atoms with Crippen LogP contribution in [0.2, 0.25) is 5.02 Å². The van der Waals surface area contributed by atoms with Gasteiger partial charge in [-0.25, -0.2) is 8.42 Å². The van der Waals surface area contributed by atoms with Crippen molar-refractivity contribution in [3.8, 4) is 0 Å². The van der Waals surface area contributed by atoms with Gasteiger partial charge in [-0.2, -0.15) is 0 Å². The second kappa shape index (κ2) is 8.58. The highest BCUT2D eigenvalue weighted by atomic mass is 35.5. The van der Waals surface area contributed by atoms with E-state index in [2.05, 4.69) is 10.6 Å². The highest BCUT2D eigenvalue weighted by Crippen LogP contribution is 2.16. The molecule has 0 spiro atoms. The topological polar surface area (TPSA) is 92.3 Å². The molecule has 0 aromatic heterocycles. The fourth-order valence-corrected chi connectivity index (χ4v) is 4.78. The molecule has 1 fully saturated rings. The van der Waals surface area contributed by atoms with Gasteiger partial charge in [0, 0.05) is 6.04 Å². The predicted molar refractivity (Wildman–Crippen MR) is 109 cm³/mol. The Kier molecular flexibility index (Phi) is 6.16. The number of carbonyl (C=O) groups is 2. The van der Waals surface area contributed by atoms with Gasteiger partial charge in [0.25, 0.3) is 11.8 Å². The van der Waals surface area contributed by atoms with Gasteiger partial charge in [-0.15, -0.1) is 0 Å². The van der Waals surface area contributed by atoms with E-state index in [9.17, 15) is 18.0 Å². The van der Waals surface area contributed by atoms with Gasteiger partial charge >= 0.3 is 0 Å². The van der Waals surface area contributed by atoms with Gasteiger partial charge < -0.3 is 10.6 Å². The Hall–Kier alpha value is -2.64. The first-order valence-corrected chi connectivity index (χ1v) is 10.9. The van der Waals surface area contributed by atoms with Crippen LogP contribution in [0.25, 0.3) is 6.08 Å². The van der Waals surface area contributed by atoms with Gasteiger partial charge in [0.2, 0.25) is 0 Å². The molecule has 28 heavy (non-hydrogen) atoms. The van der Waals surface area contributed by atoms with E-state index in [1.165, 1.54) is 6.08 Å². The summed E-state index contributed by atoms with van der Waals surface area (Å²) in [6.45, 7) is 0. The van der Waals surface area contributed by atoms with Crippen LogP contribution >= 0.6 is 11.6 Å². The molecule has 1 heterocycles. The number of hydrogen-bond acceptors (Lipinski definition) is 4. The number of halogens is 1. The van der Waals surface area contributed by atoms with Crippen molar-refractivity contribution in [3.63, 3.8) is 0 Å². The number of sulfone groups is 1. The third-order valence-corrected chi connectivity index (χ3v) is 6.39. The summed E-state index contributed by atoms with van der Waals surface area (Å²) in [5.41, 5.74) is 0.964. The Labute approximate surface area is 168 Å². The van der Waals surface area contributed by atoms with E-state index >= 15 is 0 Å². The van der Waals surface area contributed by atoms with E-state index in [1.807, 2.05) is 6.07 Å². The van der Waals surface area contributed by atoms with Crippen molar-refractivity contribution in [3.05, 3.63) is 76.4 Å². The maximum atomic E-state index is 12.7. The van der Waals surface area contributed by atoms with Crippen molar-refractivity contribution < 1.29 is 18.0 Å². The molecular formula is C20H19ClN2O4S. The minimum Gasteiger partial charge on any atom is -0.347 e. The molecule has 3 rings (SSSR count). The minimum atomic E-state index is -3.14. The average molecular weight is 419 g/mol. The lowest BCUT2D eigenvalue weighted by Crippen LogP contribution is -2.41. The number of nitrogens with one attached hydrogen (secondary N) is 2. The molecule has 2 aromatic carbocycles. The monoisotopic (exact) mass is 418 g/mol. The molecule has 0 saturated carbocycles. The van der Waals surface area contributed by atoms with Gasteiger partial charge in [0.05, 0.1) is 22.1 Å². The van der Waals surface area contributed by atoms with E-state index < -0.39 is 27.7 Å². The van der Waals surface area contributed by atoms with Crippen LogP contribution < -0.4 is 10.6 Å². The van der Waals surface area contributed by atoms with Crippen LogP contribution in [0.5, 0.6) is 0 Å². The zero-order valence-electron chi connectivity index (χ0n) is 14.9. The van der Waals surface area contributed by atoms with Gasteiger partial charge in [-0.05, 0) is 30.2 Å². The maximum Gasteiger partial charge on any atom is 0.268 e. The zero-order chi connectivity index (χ0) is 20.1. The van der Waals surface area contributed by atoms with Gasteiger partial charge in [0.15, 0.2) is 9.84 Å². The van der Waals surface area contributed by atoms with Crippen LogP contribution in [0.15, 0.2) is 60.3 Å². The minimum absolute atomic E-state index is 0.0143. The lowest BCUT2D eigenvalue weighted by molar-refractivity contribution is -0.118. The first-order valence-electron chi connectivity index (χ1n) is 8.68. The molecule has 1 saturated heterocycles. The summed E-state index contributed by atoms with van der Waals surface area (Å²) in [4.78, 5) is 25.3. The average Bonchev–Trinajstić information content (AvgIpc) is 3.00. The van der Waals surface area contributed by atoms with Crippen LogP contribution in [0.4, 0.5) is 0 Å². The van der Waals surface area contributed by atoms with E-state index in [1.54, 1.807) is 48.5 Å². The molecule has 8 heteroatoms. The van der Waals surface area contributed by atoms with E-state index in [4.69, 9.17) is 11.6 Å². The summed E-state index contributed by atoms with van der Waals surface area (Å²) < 4.78 is 23.3. The van der Waals surface area contributed by atoms with E-state index in [0.717, 1.165) is 0 Å². The third-order valence-electron chi connectivity index (χ3n) is 4.29. The fourth-order valence-electron chi connectivity index (χ4n) is 2.88. The Bertz CT molecular complexity index is 1020. The first-order chi connectivity index (χ1) is 13.3. The molecular weight excluding hydrogens is 400 g/mol. The number of hydrogen-bond donors (Lipinski definition) is 2. The van der Waals surface area contributed by atoms with Gasteiger partial charge in [-0.3, -0.25) is 9.59 Å². The molecule has 0 aliphatic carbocycles. The normalized spacial score (nSPS) is 18.5. The zero-order valence-corrected chi connectivity index (χ0v) is 16.5. The summed E-state index contributed by atoms with van der Waals surface area (Å²) in [7, 11) is -3.14. The maximum absolute atomic E-state index is 12.7. The molecule has 1 atom stereocenters. The van der Waals surface area contributed by atoms with E-state index in [0.29, 0.717) is 12.0 Å². The molecule has 2 aromatic rings. The molecule has 1 aliphatic rings. The Morgan fingerprint density at radius 2 is 1.71 bits per heavy atom. The van der Waals surface area contributed by atoms with Crippen LogP contribution in [0.1, 0.15) is 22.3 Å². The van der Waals surface area contributed by atoms with Crippen molar-refractivity contribution in [2.45, 2.75) is 12.5 Å². The highest BCUT2D eigenvalue weighted by molar-refractivity contribution is 7.91. The number of rotatable bonds is 5. The Balaban J connectivity index is 1.83. The largest absolute Gasteiger partial charge is 0.347 e. The van der Waals surface area contributed by atoms with E-state index in [-0.39, 0.29) is 27.8 Å². The van der Waals surface area contributed by atoms with Crippen molar-refractivity contribution >= 4 is 39.3 Å². The van der Waals surface area contributed by atoms with Crippen molar-refractivity contribution in [2.75, 3.05) is 11.5 Å². The van der Waals surface area contributed by atoms with Crippen LogP contribution in [-0.2, 0) is 14.6 Å². The van der Waals surface area contributed by atoms with Crippen molar-refractivity contribution in [1.82, 2.24) is 10.6 Å². The lowest BCUT2D eigenvalue weighted by Gasteiger charge is -2.15. The van der Waals surface area contributed by atoms with Crippen LogP contribution in [0, 0.1) is 0 Å². The summed E-state index contributed by atoms with van der Waals surface area (Å²) in [6.07, 6.45) is 1.89. The van der Waals surface area contributed by atoms with Crippen LogP contribution in [-0.4, -0.2) is 37.8 Å². The smallest absolute Gasteiger partial charge is 0.268 e. The van der Waals surface area contributed by atoms with Crippen molar-refractivity contribution in [1.29, 1.82) is 0 Å². The molecule has 1 aliphatic heterocycles. The second-order valence-electron chi connectivity index (χ2n) is 6.48. The molecule has 0 bridgehead atoms. The molecule has 0 radical (unpaired) electrons. The summed E-state index contributed by atoms with van der Waals surface area (Å²) in [5, 5.41) is 5.55. The Morgan fingerprint density at radius 3 is 2.36 bits per heavy atom. The first kappa shape index (κ1) is 20.1. The molecule has 1 unspecified atom stereocenters. The van der Waals surface area contributed by atoms with Crippen molar-refractivity contribution in [2.24, 2.45) is 0 Å². The highest BCUT2D eigenvalue weighted by Gasteiger charge is 2.30. The molecule has 6 nitrogen and oxygen atoms in total. The summed E-state index contributed by atoms with van der Waals surface area (Å²) in [6, 6.07) is 15.1. The van der Waals surface area contributed by atoms with Gasteiger partial charge in [-0.1, -0.05) is 54.1 Å². The number of amides is 2. The number of carbonyl (C=O) groups excluding carboxylic acids is 2. The summed E-state index contributed by atoms with van der Waals surface area (Å²) >= 11 is 6.06. The molecule has 2 amide bonds. The summed E-state index contributed by atoms with van der Waals surface area (Å²) in [5.74, 6) is -1.13. The standard InChI is InChI=1S/C20H19ClN2O4S/c21-17-9-5-4-8-16(17)19(24)23-18(12-14-6-2-1-3-7-14)20(25)22-15-10-11-28(26,27)13-15/h1-9,12,15H,10-11,13H2,(H,22,25)(H,23,24)/b18-12-. The number of benzene rings is 2. The Morgan fingerprint density at radius 1 is 1.04 bits per heavy atom. The second-order valence-corrected chi connectivity index (χ2v) is 9.11. The predicted octanol–water partition coefficient (Wildman–Crippen LogP) is 2.41.